The van der Waals surface area contributed by atoms with Crippen LogP contribution in [0.1, 0.15) is 25.3 Å². The molecule has 3 aromatic carbocycles. The van der Waals surface area contributed by atoms with Crippen molar-refractivity contribution in [3.8, 4) is 0 Å². The summed E-state index contributed by atoms with van der Waals surface area (Å²) in [5.41, 5.74) is 4.75. The zero-order valence-corrected chi connectivity index (χ0v) is 18.8. The predicted molar refractivity (Wildman–Crippen MR) is 133 cm³/mol. The highest BCUT2D eigenvalue weighted by Crippen LogP contribution is 2.31. The van der Waals surface area contributed by atoms with E-state index in [1.807, 2.05) is 6.07 Å². The zero-order valence-electron chi connectivity index (χ0n) is 18.8. The number of para-hydroxylation sites is 1. The Hall–Kier alpha value is -3.11. The summed E-state index contributed by atoms with van der Waals surface area (Å²) in [4.78, 5) is 15.0. The fourth-order valence-corrected chi connectivity index (χ4v) is 5.17. The Labute approximate surface area is 189 Å². The Morgan fingerprint density at radius 2 is 1.62 bits per heavy atom. The highest BCUT2D eigenvalue weighted by atomic mass is 16.2. The van der Waals surface area contributed by atoms with Gasteiger partial charge in [0.2, 0.25) is 5.91 Å². The van der Waals surface area contributed by atoms with E-state index >= 15 is 0 Å². The molecule has 4 aromatic rings. The van der Waals surface area contributed by atoms with Gasteiger partial charge in [-0.15, -0.1) is 0 Å². The minimum absolute atomic E-state index is 0.0742. The predicted octanol–water partition coefficient (Wildman–Crippen LogP) is 5.71. The molecule has 0 aliphatic carbocycles. The van der Waals surface area contributed by atoms with Crippen molar-refractivity contribution in [1.82, 2.24) is 9.47 Å². The van der Waals surface area contributed by atoms with Crippen LogP contribution in [0, 0.1) is 5.92 Å². The third-order valence-electron chi connectivity index (χ3n) is 6.81. The standard InChI is InChI=1S/C28H31N3O/c1-2-31-26-11-7-6-10-24(26)25-19-23(12-13-27(25)31)29-28(32)20-30-16-14-22(15-17-30)18-21-8-4-3-5-9-21/h3-13,19,22H,2,14-18,20H2,1H3,(H,29,32). The number of nitrogens with zero attached hydrogens (tertiary/aromatic N) is 2. The van der Waals surface area contributed by atoms with E-state index < -0.39 is 0 Å². The first-order valence-corrected chi connectivity index (χ1v) is 11.8. The summed E-state index contributed by atoms with van der Waals surface area (Å²) in [6.45, 7) is 5.55. The van der Waals surface area contributed by atoms with Crippen LogP contribution in [0.2, 0.25) is 0 Å². The van der Waals surface area contributed by atoms with E-state index in [-0.39, 0.29) is 5.91 Å². The van der Waals surface area contributed by atoms with Gasteiger partial charge in [0.05, 0.1) is 6.54 Å². The monoisotopic (exact) mass is 425 g/mol. The summed E-state index contributed by atoms with van der Waals surface area (Å²) in [5, 5.41) is 5.57. The first-order valence-electron chi connectivity index (χ1n) is 11.8. The number of likely N-dealkylation sites (tertiary alicyclic amines) is 1. The molecule has 0 bridgehead atoms. The number of carbonyl (C=O) groups is 1. The lowest BCUT2D eigenvalue weighted by Gasteiger charge is -2.31. The van der Waals surface area contributed by atoms with Gasteiger partial charge in [-0.2, -0.15) is 0 Å². The molecule has 1 saturated heterocycles. The van der Waals surface area contributed by atoms with Gasteiger partial charge in [-0.3, -0.25) is 9.69 Å². The van der Waals surface area contributed by atoms with Crippen LogP contribution in [0.15, 0.2) is 72.8 Å². The van der Waals surface area contributed by atoms with Gasteiger partial charge in [0.1, 0.15) is 0 Å². The maximum absolute atomic E-state index is 12.8. The van der Waals surface area contributed by atoms with Crippen LogP contribution in [0.3, 0.4) is 0 Å². The third-order valence-corrected chi connectivity index (χ3v) is 6.81. The number of fused-ring (bicyclic) bond motifs is 3. The van der Waals surface area contributed by atoms with Crippen LogP contribution >= 0.6 is 0 Å². The van der Waals surface area contributed by atoms with Crippen molar-refractivity contribution >= 4 is 33.4 Å². The average molecular weight is 426 g/mol. The fourth-order valence-electron chi connectivity index (χ4n) is 5.17. The molecule has 0 atom stereocenters. The summed E-state index contributed by atoms with van der Waals surface area (Å²) in [5.74, 6) is 0.792. The van der Waals surface area contributed by atoms with E-state index in [2.05, 4.69) is 88.4 Å². The lowest BCUT2D eigenvalue weighted by atomic mass is 9.90. The molecule has 0 saturated carbocycles. The Morgan fingerprint density at radius 3 is 2.41 bits per heavy atom. The number of nitrogens with one attached hydrogen (secondary N) is 1. The number of amides is 1. The SMILES string of the molecule is CCn1c2ccccc2c2cc(NC(=O)CN3CCC(Cc4ccccc4)CC3)ccc21. The molecule has 1 N–H and O–H groups in total. The van der Waals surface area contributed by atoms with Crippen molar-refractivity contribution in [2.75, 3.05) is 25.0 Å². The van der Waals surface area contributed by atoms with Crippen LogP contribution in [-0.2, 0) is 17.8 Å². The Morgan fingerprint density at radius 1 is 0.906 bits per heavy atom. The highest BCUT2D eigenvalue weighted by molar-refractivity contribution is 6.09. The largest absolute Gasteiger partial charge is 0.341 e. The number of hydrogen-bond acceptors (Lipinski definition) is 2. The van der Waals surface area contributed by atoms with Crippen molar-refractivity contribution in [3.63, 3.8) is 0 Å². The smallest absolute Gasteiger partial charge is 0.238 e. The van der Waals surface area contributed by atoms with Gasteiger partial charge in [0.25, 0.3) is 0 Å². The molecule has 4 heteroatoms. The number of carbonyl (C=O) groups excluding carboxylic acids is 1. The third kappa shape index (κ3) is 4.28. The first kappa shape index (κ1) is 20.8. The topological polar surface area (TPSA) is 37.3 Å². The number of aryl methyl sites for hydroxylation is 1. The van der Waals surface area contributed by atoms with Crippen molar-refractivity contribution in [2.45, 2.75) is 32.7 Å². The average Bonchev–Trinajstić information content (AvgIpc) is 3.14. The molecule has 1 fully saturated rings. The van der Waals surface area contributed by atoms with Gasteiger partial charge >= 0.3 is 0 Å². The van der Waals surface area contributed by atoms with Crippen molar-refractivity contribution in [2.24, 2.45) is 5.92 Å². The van der Waals surface area contributed by atoms with E-state index in [0.717, 1.165) is 50.5 Å². The molecule has 0 unspecified atom stereocenters. The minimum Gasteiger partial charge on any atom is -0.341 e. The van der Waals surface area contributed by atoms with Gasteiger partial charge in [-0.1, -0.05) is 48.5 Å². The number of rotatable bonds is 6. The molecule has 4 nitrogen and oxygen atoms in total. The molecule has 1 aliphatic rings. The van der Waals surface area contributed by atoms with Crippen LogP contribution in [-0.4, -0.2) is 35.0 Å². The van der Waals surface area contributed by atoms with Crippen molar-refractivity contribution in [1.29, 1.82) is 0 Å². The maximum atomic E-state index is 12.8. The van der Waals surface area contributed by atoms with Crippen molar-refractivity contribution < 1.29 is 4.79 Å². The second-order valence-electron chi connectivity index (χ2n) is 8.95. The lowest BCUT2D eigenvalue weighted by molar-refractivity contribution is -0.117. The van der Waals surface area contributed by atoms with Gasteiger partial charge in [0.15, 0.2) is 0 Å². The Balaban J connectivity index is 1.21. The number of aromatic nitrogens is 1. The Bertz CT molecular complexity index is 1220. The van der Waals surface area contributed by atoms with E-state index in [4.69, 9.17) is 0 Å². The molecular formula is C28H31N3O. The zero-order chi connectivity index (χ0) is 21.9. The molecule has 32 heavy (non-hydrogen) atoms. The van der Waals surface area contributed by atoms with Gasteiger partial charge in [-0.05, 0) is 75.0 Å². The van der Waals surface area contributed by atoms with Crippen LogP contribution in [0.4, 0.5) is 5.69 Å². The van der Waals surface area contributed by atoms with E-state index in [9.17, 15) is 4.79 Å². The number of benzene rings is 3. The fraction of sp³-hybridized carbons (Fsp3) is 0.321. The summed E-state index contributed by atoms with van der Waals surface area (Å²) < 4.78 is 2.33. The summed E-state index contributed by atoms with van der Waals surface area (Å²) in [6, 6.07) is 25.5. The summed E-state index contributed by atoms with van der Waals surface area (Å²) in [7, 11) is 0. The molecule has 0 radical (unpaired) electrons. The molecule has 0 spiro atoms. The van der Waals surface area contributed by atoms with Gasteiger partial charge in [-0.25, -0.2) is 0 Å². The first-order chi connectivity index (χ1) is 15.7. The van der Waals surface area contributed by atoms with E-state index in [1.54, 1.807) is 0 Å². The molecule has 5 rings (SSSR count). The molecular weight excluding hydrogens is 394 g/mol. The van der Waals surface area contributed by atoms with Crippen molar-refractivity contribution in [3.05, 3.63) is 78.4 Å². The van der Waals surface area contributed by atoms with E-state index in [1.165, 1.54) is 27.4 Å². The minimum atomic E-state index is 0.0742. The van der Waals surface area contributed by atoms with Gasteiger partial charge in [0, 0.05) is 34.0 Å². The molecule has 1 aromatic heterocycles. The summed E-state index contributed by atoms with van der Waals surface area (Å²) in [6.07, 6.45) is 3.46. The Kier molecular flexibility index (Phi) is 5.95. The van der Waals surface area contributed by atoms with E-state index in [0.29, 0.717) is 6.54 Å². The molecule has 2 heterocycles. The van der Waals surface area contributed by atoms with Crippen LogP contribution in [0.25, 0.3) is 21.8 Å². The van der Waals surface area contributed by atoms with Crippen LogP contribution < -0.4 is 5.32 Å². The molecule has 1 amide bonds. The van der Waals surface area contributed by atoms with Gasteiger partial charge < -0.3 is 9.88 Å². The van der Waals surface area contributed by atoms with Crippen LogP contribution in [0.5, 0.6) is 0 Å². The second-order valence-corrected chi connectivity index (χ2v) is 8.95. The number of anilines is 1. The second kappa shape index (κ2) is 9.17. The molecule has 164 valence electrons. The maximum Gasteiger partial charge on any atom is 0.238 e. The number of hydrogen-bond donors (Lipinski definition) is 1. The normalized spacial score (nSPS) is 15.4. The molecule has 1 aliphatic heterocycles. The lowest BCUT2D eigenvalue weighted by Crippen LogP contribution is -2.39. The summed E-state index contributed by atoms with van der Waals surface area (Å²) >= 11 is 0. The highest BCUT2D eigenvalue weighted by Gasteiger charge is 2.21. The number of piperidine rings is 1. The quantitative estimate of drug-likeness (QED) is 0.430.